The standard InChI is InChI=1S/C34H35ClFN3O4S/c1-3-25(2)37-34(41)32(22-26-14-6-4-7-15-26)38(23-27-16-10-12-20-30(27)36)33(40)24-39(31-21-13-11-19-29(31)35)44(42,43)28-17-8-5-9-18-28/h4-21,25,32H,3,22-24H2,1-2H3,(H,37,41)/t25-,32-/m0/s1. The number of nitrogens with one attached hydrogen (secondary N) is 1. The molecular weight excluding hydrogens is 601 g/mol. The Kier molecular flexibility index (Phi) is 11.1. The smallest absolute Gasteiger partial charge is 0.264 e. The minimum atomic E-state index is -4.29. The van der Waals surface area contributed by atoms with Crippen LogP contribution in [0.1, 0.15) is 31.4 Å². The van der Waals surface area contributed by atoms with Gasteiger partial charge in [0.15, 0.2) is 0 Å². The summed E-state index contributed by atoms with van der Waals surface area (Å²) in [6.45, 7) is 2.83. The molecule has 0 bridgehead atoms. The van der Waals surface area contributed by atoms with Crippen LogP contribution in [0, 0.1) is 5.82 Å². The Morgan fingerprint density at radius 3 is 2.09 bits per heavy atom. The first-order chi connectivity index (χ1) is 21.1. The fourth-order valence-electron chi connectivity index (χ4n) is 4.69. The van der Waals surface area contributed by atoms with E-state index in [0.29, 0.717) is 6.42 Å². The van der Waals surface area contributed by atoms with Crippen molar-refractivity contribution in [3.05, 3.63) is 131 Å². The zero-order chi connectivity index (χ0) is 31.7. The van der Waals surface area contributed by atoms with Crippen molar-refractivity contribution in [2.45, 2.75) is 50.2 Å². The number of para-hydroxylation sites is 1. The van der Waals surface area contributed by atoms with Crippen LogP contribution in [0.4, 0.5) is 10.1 Å². The van der Waals surface area contributed by atoms with Crippen molar-refractivity contribution in [3.8, 4) is 0 Å². The molecular formula is C34H35ClFN3O4S. The second-order valence-electron chi connectivity index (χ2n) is 10.4. The van der Waals surface area contributed by atoms with Crippen molar-refractivity contribution in [2.24, 2.45) is 0 Å². The number of halogens is 2. The number of hydrogen-bond acceptors (Lipinski definition) is 4. The number of carbonyl (C=O) groups is 2. The lowest BCUT2D eigenvalue weighted by molar-refractivity contribution is -0.140. The second kappa shape index (κ2) is 15.0. The van der Waals surface area contributed by atoms with E-state index in [1.165, 1.54) is 47.4 Å². The summed E-state index contributed by atoms with van der Waals surface area (Å²) < 4.78 is 43.9. The minimum Gasteiger partial charge on any atom is -0.352 e. The summed E-state index contributed by atoms with van der Waals surface area (Å²) in [6, 6.07) is 27.9. The Bertz CT molecular complexity index is 1670. The molecule has 0 aliphatic carbocycles. The lowest BCUT2D eigenvalue weighted by Crippen LogP contribution is -2.54. The van der Waals surface area contributed by atoms with Gasteiger partial charge in [-0.25, -0.2) is 12.8 Å². The Balaban J connectivity index is 1.82. The largest absolute Gasteiger partial charge is 0.352 e. The van der Waals surface area contributed by atoms with Crippen LogP contribution in [0.3, 0.4) is 0 Å². The molecule has 0 saturated carbocycles. The highest BCUT2D eigenvalue weighted by Gasteiger charge is 2.35. The maximum absolute atomic E-state index is 15.0. The maximum atomic E-state index is 15.0. The molecule has 2 atom stereocenters. The van der Waals surface area contributed by atoms with Crippen LogP contribution in [-0.4, -0.2) is 43.8 Å². The summed E-state index contributed by atoms with van der Waals surface area (Å²) in [4.78, 5) is 29.4. The van der Waals surface area contributed by atoms with E-state index in [9.17, 15) is 22.4 Å². The molecule has 230 valence electrons. The van der Waals surface area contributed by atoms with Gasteiger partial charge in [0.25, 0.3) is 10.0 Å². The maximum Gasteiger partial charge on any atom is 0.264 e. The lowest BCUT2D eigenvalue weighted by Gasteiger charge is -2.34. The van der Waals surface area contributed by atoms with Crippen LogP contribution < -0.4 is 9.62 Å². The topological polar surface area (TPSA) is 86.8 Å². The summed E-state index contributed by atoms with van der Waals surface area (Å²) in [7, 11) is -4.29. The van der Waals surface area contributed by atoms with Crippen LogP contribution >= 0.6 is 11.6 Å². The molecule has 4 rings (SSSR count). The first kappa shape index (κ1) is 32.7. The molecule has 4 aromatic rings. The van der Waals surface area contributed by atoms with E-state index in [0.717, 1.165) is 9.87 Å². The second-order valence-corrected chi connectivity index (χ2v) is 12.7. The van der Waals surface area contributed by atoms with Gasteiger partial charge in [-0.05, 0) is 49.2 Å². The van der Waals surface area contributed by atoms with E-state index in [2.05, 4.69) is 5.32 Å². The Morgan fingerprint density at radius 1 is 0.864 bits per heavy atom. The molecule has 7 nitrogen and oxygen atoms in total. The predicted molar refractivity (Wildman–Crippen MR) is 171 cm³/mol. The minimum absolute atomic E-state index is 0.0382. The summed E-state index contributed by atoms with van der Waals surface area (Å²) >= 11 is 6.47. The molecule has 2 amide bonds. The van der Waals surface area contributed by atoms with Crippen molar-refractivity contribution < 1.29 is 22.4 Å². The third-order valence-electron chi connectivity index (χ3n) is 7.30. The molecule has 0 spiro atoms. The molecule has 0 aromatic heterocycles. The van der Waals surface area contributed by atoms with Gasteiger partial charge in [-0.3, -0.25) is 13.9 Å². The monoisotopic (exact) mass is 635 g/mol. The molecule has 0 unspecified atom stereocenters. The van der Waals surface area contributed by atoms with Gasteiger partial charge in [-0.15, -0.1) is 0 Å². The molecule has 0 heterocycles. The number of rotatable bonds is 13. The summed E-state index contributed by atoms with van der Waals surface area (Å²) in [5.74, 6) is -1.68. The van der Waals surface area contributed by atoms with Crippen LogP contribution in [0.2, 0.25) is 5.02 Å². The molecule has 10 heteroatoms. The third-order valence-corrected chi connectivity index (χ3v) is 9.40. The van der Waals surface area contributed by atoms with Gasteiger partial charge in [-0.1, -0.05) is 97.4 Å². The molecule has 4 aromatic carbocycles. The van der Waals surface area contributed by atoms with Crippen molar-refractivity contribution in [1.82, 2.24) is 10.2 Å². The van der Waals surface area contributed by atoms with Crippen molar-refractivity contribution in [3.63, 3.8) is 0 Å². The van der Waals surface area contributed by atoms with E-state index in [4.69, 9.17) is 11.6 Å². The van der Waals surface area contributed by atoms with Crippen LogP contribution in [0.25, 0.3) is 0 Å². The number of sulfonamides is 1. The lowest BCUT2D eigenvalue weighted by atomic mass is 10.0. The average molecular weight is 636 g/mol. The normalized spacial score (nSPS) is 12.6. The molecule has 0 aliphatic heterocycles. The fraction of sp³-hybridized carbons (Fsp3) is 0.235. The van der Waals surface area contributed by atoms with Crippen LogP contribution in [-0.2, 0) is 32.6 Å². The third kappa shape index (κ3) is 8.03. The van der Waals surface area contributed by atoms with Gasteiger partial charge >= 0.3 is 0 Å². The van der Waals surface area contributed by atoms with Crippen molar-refractivity contribution >= 4 is 39.1 Å². The summed E-state index contributed by atoms with van der Waals surface area (Å²) in [6.07, 6.45) is 0.779. The van der Waals surface area contributed by atoms with E-state index in [1.807, 2.05) is 44.2 Å². The van der Waals surface area contributed by atoms with Gasteiger partial charge in [0.1, 0.15) is 18.4 Å². The van der Waals surface area contributed by atoms with Gasteiger partial charge in [0.2, 0.25) is 11.8 Å². The van der Waals surface area contributed by atoms with Gasteiger partial charge < -0.3 is 10.2 Å². The highest BCUT2D eigenvalue weighted by atomic mass is 35.5. The van der Waals surface area contributed by atoms with Crippen molar-refractivity contribution in [2.75, 3.05) is 10.8 Å². The van der Waals surface area contributed by atoms with Crippen molar-refractivity contribution in [1.29, 1.82) is 0 Å². The Morgan fingerprint density at radius 2 is 1.45 bits per heavy atom. The van der Waals surface area contributed by atoms with Gasteiger partial charge in [0.05, 0.1) is 15.6 Å². The van der Waals surface area contributed by atoms with E-state index in [-0.39, 0.29) is 40.2 Å². The van der Waals surface area contributed by atoms with E-state index >= 15 is 0 Å². The molecule has 0 aliphatic rings. The first-order valence-corrected chi connectivity index (χ1v) is 16.1. The summed E-state index contributed by atoms with van der Waals surface area (Å²) in [5.41, 5.74) is 1.06. The molecule has 44 heavy (non-hydrogen) atoms. The molecule has 0 saturated heterocycles. The zero-order valence-electron chi connectivity index (χ0n) is 24.6. The number of hydrogen-bond donors (Lipinski definition) is 1. The molecule has 1 N–H and O–H groups in total. The zero-order valence-corrected chi connectivity index (χ0v) is 26.1. The Labute approximate surface area is 263 Å². The van der Waals surface area contributed by atoms with Gasteiger partial charge in [0, 0.05) is 24.6 Å². The number of nitrogens with zero attached hydrogens (tertiary/aromatic N) is 2. The fourth-order valence-corrected chi connectivity index (χ4v) is 6.43. The molecule has 0 radical (unpaired) electrons. The first-order valence-electron chi connectivity index (χ1n) is 14.3. The van der Waals surface area contributed by atoms with E-state index in [1.54, 1.807) is 36.4 Å². The number of amides is 2. The number of benzene rings is 4. The number of carbonyl (C=O) groups excluding carboxylic acids is 2. The quantitative estimate of drug-likeness (QED) is 0.189. The van der Waals surface area contributed by atoms with Crippen LogP contribution in [0.5, 0.6) is 0 Å². The number of anilines is 1. The van der Waals surface area contributed by atoms with Gasteiger partial charge in [-0.2, -0.15) is 0 Å². The SMILES string of the molecule is CC[C@H](C)NC(=O)[C@H](Cc1ccccc1)N(Cc1ccccc1F)C(=O)CN(c1ccccc1Cl)S(=O)(=O)c1ccccc1. The highest BCUT2D eigenvalue weighted by Crippen LogP contribution is 2.31. The van der Waals surface area contributed by atoms with E-state index < -0.39 is 40.2 Å². The van der Waals surface area contributed by atoms with Crippen LogP contribution in [0.15, 0.2) is 114 Å². The predicted octanol–water partition coefficient (Wildman–Crippen LogP) is 6.23. The highest BCUT2D eigenvalue weighted by molar-refractivity contribution is 7.92. The molecule has 0 fully saturated rings. The summed E-state index contributed by atoms with van der Waals surface area (Å²) in [5, 5.41) is 3.08. The Hall–Kier alpha value is -4.21. The average Bonchev–Trinajstić information content (AvgIpc) is 3.03.